The molecule has 1 aromatic rings. The molecule has 0 saturated heterocycles. The molecule has 0 heterocycles. The van der Waals surface area contributed by atoms with Gasteiger partial charge in [0.1, 0.15) is 12.4 Å². The molecule has 0 radical (unpaired) electrons. The number of hydrogen-bond acceptors (Lipinski definition) is 2. The van der Waals surface area contributed by atoms with Gasteiger partial charge in [-0.05, 0) is 37.7 Å². The van der Waals surface area contributed by atoms with Crippen LogP contribution in [-0.2, 0) is 0 Å². The van der Waals surface area contributed by atoms with Crippen LogP contribution in [0.5, 0.6) is 5.75 Å². The smallest absolute Gasteiger partial charge is 0.123 e. The minimum Gasteiger partial charge on any atom is -0.492 e. The lowest BCUT2D eigenvalue weighted by Crippen LogP contribution is -2.28. The van der Waals surface area contributed by atoms with Crippen molar-refractivity contribution in [3.63, 3.8) is 0 Å². The first kappa shape index (κ1) is 13.5. The average molecular weight is 286 g/mol. The van der Waals surface area contributed by atoms with E-state index in [-0.39, 0.29) is 0 Å². The van der Waals surface area contributed by atoms with Crippen LogP contribution in [0.25, 0.3) is 0 Å². The van der Waals surface area contributed by atoms with Crippen molar-refractivity contribution in [3.05, 3.63) is 28.2 Å². The molecule has 3 heteroatoms. The zero-order valence-corrected chi connectivity index (χ0v) is 11.9. The van der Waals surface area contributed by atoms with Gasteiger partial charge in [-0.1, -0.05) is 35.8 Å². The third-order valence-electron chi connectivity index (χ3n) is 2.71. The van der Waals surface area contributed by atoms with Crippen LogP contribution in [0.1, 0.15) is 19.4 Å². The third-order valence-corrected chi connectivity index (χ3v) is 3.20. The van der Waals surface area contributed by atoms with E-state index < -0.39 is 0 Å². The molecule has 0 fully saturated rings. The van der Waals surface area contributed by atoms with Gasteiger partial charge in [-0.3, -0.25) is 0 Å². The predicted molar refractivity (Wildman–Crippen MR) is 72.2 cm³/mol. The summed E-state index contributed by atoms with van der Waals surface area (Å²) in [5.74, 6) is 0.974. The van der Waals surface area contributed by atoms with Crippen molar-refractivity contribution in [1.29, 1.82) is 0 Å². The molecule has 1 aromatic carbocycles. The minimum absolute atomic E-state index is 0.749. The monoisotopic (exact) mass is 285 g/mol. The van der Waals surface area contributed by atoms with Crippen molar-refractivity contribution >= 4 is 15.9 Å². The van der Waals surface area contributed by atoms with Crippen molar-refractivity contribution in [2.45, 2.75) is 20.8 Å². The Bertz CT molecular complexity index is 324. The highest BCUT2D eigenvalue weighted by Gasteiger charge is 2.02. The Morgan fingerprint density at radius 3 is 2.56 bits per heavy atom. The fourth-order valence-corrected chi connectivity index (χ4v) is 1.89. The fourth-order valence-electron chi connectivity index (χ4n) is 1.55. The Morgan fingerprint density at radius 1 is 1.25 bits per heavy atom. The van der Waals surface area contributed by atoms with E-state index in [4.69, 9.17) is 4.74 Å². The summed E-state index contributed by atoms with van der Waals surface area (Å²) in [6.07, 6.45) is 0. The van der Waals surface area contributed by atoms with E-state index in [1.807, 2.05) is 12.1 Å². The first-order valence-corrected chi connectivity index (χ1v) is 6.58. The summed E-state index contributed by atoms with van der Waals surface area (Å²) in [5, 5.41) is 0. The normalized spacial score (nSPS) is 10.8. The molecular formula is C13H20BrNO. The molecule has 0 amide bonds. The van der Waals surface area contributed by atoms with E-state index in [0.29, 0.717) is 0 Å². The van der Waals surface area contributed by atoms with E-state index in [9.17, 15) is 0 Å². The van der Waals surface area contributed by atoms with Gasteiger partial charge in [-0.2, -0.15) is 0 Å². The van der Waals surface area contributed by atoms with Crippen LogP contribution in [-0.4, -0.2) is 31.1 Å². The number of benzene rings is 1. The lowest BCUT2D eigenvalue weighted by molar-refractivity contribution is 0.222. The first-order chi connectivity index (χ1) is 7.67. The molecule has 0 aliphatic carbocycles. The summed E-state index contributed by atoms with van der Waals surface area (Å²) in [5.41, 5.74) is 1.18. The highest BCUT2D eigenvalue weighted by Crippen LogP contribution is 2.22. The average Bonchev–Trinajstić information content (AvgIpc) is 2.29. The van der Waals surface area contributed by atoms with E-state index in [1.165, 1.54) is 5.56 Å². The summed E-state index contributed by atoms with van der Waals surface area (Å²) < 4.78 is 6.85. The molecule has 1 rings (SSSR count). The van der Waals surface area contributed by atoms with Gasteiger partial charge in [0.05, 0.1) is 0 Å². The van der Waals surface area contributed by atoms with Gasteiger partial charge >= 0.3 is 0 Å². The van der Waals surface area contributed by atoms with Crippen molar-refractivity contribution in [2.75, 3.05) is 26.2 Å². The van der Waals surface area contributed by atoms with E-state index >= 15 is 0 Å². The molecule has 90 valence electrons. The maximum Gasteiger partial charge on any atom is 0.123 e. The molecule has 0 aliphatic heterocycles. The number of likely N-dealkylation sites (N-methyl/N-ethyl adjacent to an activating group) is 1. The Labute approximate surface area is 107 Å². The Kier molecular flexibility index (Phi) is 5.85. The molecule has 0 spiro atoms. The zero-order valence-electron chi connectivity index (χ0n) is 10.3. The number of aryl methyl sites for hydroxylation is 1. The summed E-state index contributed by atoms with van der Waals surface area (Å²) in [7, 11) is 0. The van der Waals surface area contributed by atoms with Gasteiger partial charge in [0.15, 0.2) is 0 Å². The molecule has 0 unspecified atom stereocenters. The maximum absolute atomic E-state index is 5.78. The van der Waals surface area contributed by atoms with Crippen LogP contribution in [0.3, 0.4) is 0 Å². The Balaban J connectivity index is 2.45. The van der Waals surface area contributed by atoms with Gasteiger partial charge in [-0.25, -0.2) is 0 Å². The maximum atomic E-state index is 5.78. The molecular weight excluding hydrogens is 266 g/mol. The number of hydrogen-bond donors (Lipinski definition) is 0. The van der Waals surface area contributed by atoms with Crippen LogP contribution in [0.2, 0.25) is 0 Å². The van der Waals surface area contributed by atoms with E-state index in [0.717, 1.165) is 36.5 Å². The number of rotatable bonds is 6. The van der Waals surface area contributed by atoms with Crippen LogP contribution >= 0.6 is 15.9 Å². The highest BCUT2D eigenvalue weighted by atomic mass is 79.9. The van der Waals surface area contributed by atoms with Crippen LogP contribution in [0.4, 0.5) is 0 Å². The summed E-state index contributed by atoms with van der Waals surface area (Å²) in [4.78, 5) is 2.35. The van der Waals surface area contributed by atoms with E-state index in [2.05, 4.69) is 47.7 Å². The summed E-state index contributed by atoms with van der Waals surface area (Å²) in [6.45, 7) is 10.3. The second kappa shape index (κ2) is 6.92. The van der Waals surface area contributed by atoms with Crippen LogP contribution in [0.15, 0.2) is 22.7 Å². The molecule has 0 saturated carbocycles. The van der Waals surface area contributed by atoms with Gasteiger partial charge in [-0.15, -0.1) is 0 Å². The van der Waals surface area contributed by atoms with Gasteiger partial charge < -0.3 is 9.64 Å². The lowest BCUT2D eigenvalue weighted by Gasteiger charge is -2.18. The summed E-state index contributed by atoms with van der Waals surface area (Å²) in [6, 6.07) is 6.13. The van der Waals surface area contributed by atoms with E-state index in [1.54, 1.807) is 0 Å². The third kappa shape index (κ3) is 4.14. The number of ether oxygens (including phenoxy) is 1. The topological polar surface area (TPSA) is 12.5 Å². The highest BCUT2D eigenvalue weighted by molar-refractivity contribution is 9.10. The SMILES string of the molecule is CCN(CC)CCOc1cc(Br)ccc1C. The zero-order chi connectivity index (χ0) is 12.0. The van der Waals surface area contributed by atoms with Crippen molar-refractivity contribution < 1.29 is 4.74 Å². The van der Waals surface area contributed by atoms with Crippen molar-refractivity contribution in [1.82, 2.24) is 4.90 Å². The van der Waals surface area contributed by atoms with Gasteiger partial charge in [0.25, 0.3) is 0 Å². The molecule has 0 atom stereocenters. The molecule has 0 aliphatic rings. The second-order valence-corrected chi connectivity index (χ2v) is 4.70. The molecule has 2 nitrogen and oxygen atoms in total. The first-order valence-electron chi connectivity index (χ1n) is 5.78. The van der Waals surface area contributed by atoms with Gasteiger partial charge in [0.2, 0.25) is 0 Å². The number of halogens is 1. The second-order valence-electron chi connectivity index (χ2n) is 3.79. The van der Waals surface area contributed by atoms with Crippen molar-refractivity contribution in [2.24, 2.45) is 0 Å². The lowest BCUT2D eigenvalue weighted by atomic mass is 10.2. The molecule has 0 bridgehead atoms. The standard InChI is InChI=1S/C13H20BrNO/c1-4-15(5-2)8-9-16-13-10-12(14)7-6-11(13)3/h6-7,10H,4-5,8-9H2,1-3H3. The molecule has 0 aromatic heterocycles. The number of nitrogens with zero attached hydrogens (tertiary/aromatic N) is 1. The fraction of sp³-hybridized carbons (Fsp3) is 0.538. The Morgan fingerprint density at radius 2 is 1.94 bits per heavy atom. The van der Waals surface area contributed by atoms with Crippen LogP contribution in [0, 0.1) is 6.92 Å². The molecule has 16 heavy (non-hydrogen) atoms. The van der Waals surface area contributed by atoms with Crippen molar-refractivity contribution in [3.8, 4) is 5.75 Å². The minimum atomic E-state index is 0.749. The molecule has 0 N–H and O–H groups in total. The Hall–Kier alpha value is -0.540. The quantitative estimate of drug-likeness (QED) is 0.794. The van der Waals surface area contributed by atoms with Crippen LogP contribution < -0.4 is 4.74 Å². The predicted octanol–water partition coefficient (Wildman–Crippen LogP) is 3.48. The van der Waals surface area contributed by atoms with Gasteiger partial charge in [0, 0.05) is 11.0 Å². The largest absolute Gasteiger partial charge is 0.492 e. The summed E-state index contributed by atoms with van der Waals surface area (Å²) >= 11 is 3.45.